The smallest absolute Gasteiger partial charge is 0.262 e. The van der Waals surface area contributed by atoms with Crippen molar-refractivity contribution in [3.8, 4) is 0 Å². The van der Waals surface area contributed by atoms with E-state index in [2.05, 4.69) is 0 Å². The first kappa shape index (κ1) is 17.2. The molecule has 0 spiro atoms. The molecule has 0 bridgehead atoms. The first-order valence-corrected chi connectivity index (χ1v) is 8.24. The predicted octanol–water partition coefficient (Wildman–Crippen LogP) is 3.16. The van der Waals surface area contributed by atoms with Gasteiger partial charge in [0.25, 0.3) is 11.8 Å². The second-order valence-electron chi connectivity index (χ2n) is 5.97. The van der Waals surface area contributed by atoms with Gasteiger partial charge in [0.05, 0.1) is 17.2 Å². The lowest BCUT2D eigenvalue weighted by Crippen LogP contribution is -2.42. The minimum atomic E-state index is -0.429. The molecule has 3 amide bonds. The molecule has 0 radical (unpaired) electrons. The van der Waals surface area contributed by atoms with E-state index in [9.17, 15) is 14.4 Å². The van der Waals surface area contributed by atoms with Gasteiger partial charge < -0.3 is 4.90 Å². The number of likely N-dealkylation sites (N-methyl/N-ethyl adjacent to an activating group) is 1. The van der Waals surface area contributed by atoms with Crippen molar-refractivity contribution in [1.29, 1.82) is 0 Å². The van der Waals surface area contributed by atoms with E-state index in [1.807, 2.05) is 19.1 Å². The van der Waals surface area contributed by atoms with E-state index in [0.717, 1.165) is 10.5 Å². The number of nitrogens with zero attached hydrogens (tertiary/aromatic N) is 2. The number of hydrogen-bond donors (Lipinski definition) is 0. The summed E-state index contributed by atoms with van der Waals surface area (Å²) in [5, 5.41) is 0.621. The van der Waals surface area contributed by atoms with Gasteiger partial charge in [0, 0.05) is 12.1 Å². The largest absolute Gasteiger partial charge is 0.337 e. The van der Waals surface area contributed by atoms with Gasteiger partial charge in [-0.15, -0.1) is 0 Å². The van der Waals surface area contributed by atoms with Crippen LogP contribution in [0.5, 0.6) is 0 Å². The zero-order chi connectivity index (χ0) is 18.1. The lowest BCUT2D eigenvalue weighted by molar-refractivity contribution is -0.132. The Hall–Kier alpha value is -2.66. The second kappa shape index (κ2) is 6.69. The van der Waals surface area contributed by atoms with Crippen LogP contribution in [0.15, 0.2) is 48.5 Å². The molecule has 1 aliphatic rings. The van der Waals surface area contributed by atoms with Crippen LogP contribution in [0.1, 0.15) is 39.2 Å². The number of carbonyl (C=O) groups is 3. The van der Waals surface area contributed by atoms with Gasteiger partial charge in [0.2, 0.25) is 5.91 Å². The molecule has 0 saturated heterocycles. The molecule has 0 aliphatic carbocycles. The van der Waals surface area contributed by atoms with Gasteiger partial charge in [-0.25, -0.2) is 0 Å². The lowest BCUT2D eigenvalue weighted by Gasteiger charge is -2.27. The molecule has 25 heavy (non-hydrogen) atoms. The molecule has 5 nitrogen and oxygen atoms in total. The fraction of sp³-hybridized carbons (Fsp3) is 0.211. The summed E-state index contributed by atoms with van der Waals surface area (Å²) < 4.78 is 0. The van der Waals surface area contributed by atoms with Crippen molar-refractivity contribution in [2.75, 3.05) is 13.6 Å². The minimum absolute atomic E-state index is 0.208. The Morgan fingerprint density at radius 2 is 1.56 bits per heavy atom. The van der Waals surface area contributed by atoms with Gasteiger partial charge in [0.1, 0.15) is 6.54 Å². The quantitative estimate of drug-likeness (QED) is 0.791. The standard InChI is InChI=1S/C19H17ClN2O3/c1-12(13-7-9-14(20)10-8-13)21(2)17(23)11-22-18(24)15-5-3-4-6-16(15)19(22)25/h3-10,12H,11H2,1-2H3. The average molecular weight is 357 g/mol. The monoisotopic (exact) mass is 356 g/mol. The lowest BCUT2D eigenvalue weighted by atomic mass is 10.1. The molecule has 1 aliphatic heterocycles. The molecule has 1 unspecified atom stereocenters. The van der Waals surface area contributed by atoms with E-state index >= 15 is 0 Å². The highest BCUT2D eigenvalue weighted by Crippen LogP contribution is 2.24. The zero-order valence-electron chi connectivity index (χ0n) is 13.9. The molecule has 0 saturated carbocycles. The molecule has 128 valence electrons. The Balaban J connectivity index is 1.73. The van der Waals surface area contributed by atoms with Crippen molar-refractivity contribution < 1.29 is 14.4 Å². The first-order chi connectivity index (χ1) is 11.9. The van der Waals surface area contributed by atoms with E-state index in [4.69, 9.17) is 11.6 Å². The van der Waals surface area contributed by atoms with E-state index in [0.29, 0.717) is 16.1 Å². The third-order valence-corrected chi connectivity index (χ3v) is 4.75. The Morgan fingerprint density at radius 3 is 2.08 bits per heavy atom. The van der Waals surface area contributed by atoms with Crippen molar-refractivity contribution in [3.05, 3.63) is 70.2 Å². The van der Waals surface area contributed by atoms with Crippen molar-refractivity contribution >= 4 is 29.3 Å². The van der Waals surface area contributed by atoms with Crippen LogP contribution in [-0.2, 0) is 4.79 Å². The van der Waals surface area contributed by atoms with E-state index in [1.54, 1.807) is 43.4 Å². The van der Waals surface area contributed by atoms with Crippen LogP contribution in [0.3, 0.4) is 0 Å². The summed E-state index contributed by atoms with van der Waals surface area (Å²) in [6.45, 7) is 1.60. The number of carbonyl (C=O) groups excluding carboxylic acids is 3. The summed E-state index contributed by atoms with van der Waals surface area (Å²) in [4.78, 5) is 39.8. The van der Waals surface area contributed by atoms with E-state index in [1.165, 1.54) is 4.90 Å². The molecular formula is C19H17ClN2O3. The van der Waals surface area contributed by atoms with Crippen LogP contribution in [0.25, 0.3) is 0 Å². The third kappa shape index (κ3) is 3.15. The van der Waals surface area contributed by atoms with Crippen LogP contribution in [-0.4, -0.2) is 41.1 Å². The van der Waals surface area contributed by atoms with Crippen molar-refractivity contribution in [2.45, 2.75) is 13.0 Å². The summed E-state index contributed by atoms with van der Waals surface area (Å²) in [5.74, 6) is -1.17. The highest BCUT2D eigenvalue weighted by Gasteiger charge is 2.37. The topological polar surface area (TPSA) is 57.7 Å². The van der Waals surface area contributed by atoms with Crippen molar-refractivity contribution in [2.24, 2.45) is 0 Å². The first-order valence-electron chi connectivity index (χ1n) is 7.86. The van der Waals surface area contributed by atoms with Gasteiger partial charge >= 0.3 is 0 Å². The molecule has 2 aromatic carbocycles. The summed E-state index contributed by atoms with van der Waals surface area (Å²) in [7, 11) is 1.65. The highest BCUT2D eigenvalue weighted by atomic mass is 35.5. The molecule has 1 heterocycles. The zero-order valence-corrected chi connectivity index (χ0v) is 14.7. The number of benzene rings is 2. The normalized spacial score (nSPS) is 14.4. The molecule has 0 fully saturated rings. The predicted molar refractivity (Wildman–Crippen MR) is 94.4 cm³/mol. The minimum Gasteiger partial charge on any atom is -0.337 e. The summed E-state index contributed by atoms with van der Waals surface area (Å²) in [5.41, 5.74) is 1.60. The number of hydrogen-bond acceptors (Lipinski definition) is 3. The summed E-state index contributed by atoms with van der Waals surface area (Å²) in [6.07, 6.45) is 0. The molecule has 6 heteroatoms. The fourth-order valence-electron chi connectivity index (χ4n) is 2.81. The maximum atomic E-state index is 12.6. The van der Waals surface area contributed by atoms with Crippen LogP contribution in [0.2, 0.25) is 5.02 Å². The summed E-state index contributed by atoms with van der Waals surface area (Å²) in [6, 6.07) is 13.6. The Morgan fingerprint density at radius 1 is 1.04 bits per heavy atom. The van der Waals surface area contributed by atoms with Crippen LogP contribution >= 0.6 is 11.6 Å². The maximum absolute atomic E-state index is 12.6. The van der Waals surface area contributed by atoms with Crippen molar-refractivity contribution in [1.82, 2.24) is 9.80 Å². The second-order valence-corrected chi connectivity index (χ2v) is 6.41. The van der Waals surface area contributed by atoms with E-state index < -0.39 is 11.8 Å². The van der Waals surface area contributed by atoms with Gasteiger partial charge in [0.15, 0.2) is 0 Å². The maximum Gasteiger partial charge on any atom is 0.262 e. The Kier molecular flexibility index (Phi) is 4.59. The van der Waals surface area contributed by atoms with Crippen LogP contribution in [0, 0.1) is 0 Å². The Bertz CT molecular complexity index is 813. The highest BCUT2D eigenvalue weighted by molar-refractivity contribution is 6.30. The fourth-order valence-corrected chi connectivity index (χ4v) is 2.94. The molecule has 1 atom stereocenters. The summed E-state index contributed by atoms with van der Waals surface area (Å²) >= 11 is 5.89. The number of halogens is 1. The molecule has 0 aromatic heterocycles. The van der Waals surface area contributed by atoms with Crippen LogP contribution < -0.4 is 0 Å². The number of rotatable bonds is 4. The molecule has 2 aromatic rings. The Labute approximate surface area is 150 Å². The average Bonchev–Trinajstić information content (AvgIpc) is 2.86. The van der Waals surface area contributed by atoms with Crippen LogP contribution in [0.4, 0.5) is 0 Å². The number of fused-ring (bicyclic) bond motifs is 1. The number of amides is 3. The van der Waals surface area contributed by atoms with E-state index in [-0.39, 0.29) is 18.5 Å². The van der Waals surface area contributed by atoms with Gasteiger partial charge in [-0.05, 0) is 36.8 Å². The SMILES string of the molecule is CC(c1ccc(Cl)cc1)N(C)C(=O)CN1C(=O)c2ccccc2C1=O. The van der Waals surface area contributed by atoms with Crippen molar-refractivity contribution in [3.63, 3.8) is 0 Å². The number of imide groups is 1. The van der Waals surface area contributed by atoms with Gasteiger partial charge in [-0.2, -0.15) is 0 Å². The molecule has 0 N–H and O–H groups in total. The van der Waals surface area contributed by atoms with Gasteiger partial charge in [-0.3, -0.25) is 19.3 Å². The third-order valence-electron chi connectivity index (χ3n) is 4.50. The van der Waals surface area contributed by atoms with Gasteiger partial charge in [-0.1, -0.05) is 35.9 Å². The molecular weight excluding hydrogens is 340 g/mol. The molecule has 3 rings (SSSR count).